The van der Waals surface area contributed by atoms with Gasteiger partial charge < -0.3 is 4.90 Å². The minimum atomic E-state index is 0.0520. The fourth-order valence-corrected chi connectivity index (χ4v) is 2.12. The smallest absolute Gasteiger partial charge is 0.253 e. The first-order chi connectivity index (χ1) is 7.11. The van der Waals surface area contributed by atoms with Gasteiger partial charge in [-0.05, 0) is 31.0 Å². The summed E-state index contributed by atoms with van der Waals surface area (Å²) in [7, 11) is 0. The number of rotatable bonds is 1. The fourth-order valence-electron chi connectivity index (χ4n) is 1.76. The zero-order chi connectivity index (χ0) is 11.0. The Morgan fingerprint density at radius 1 is 1.47 bits per heavy atom. The maximum atomic E-state index is 11.8. The van der Waals surface area contributed by atoms with Crippen molar-refractivity contribution in [2.75, 3.05) is 11.4 Å². The van der Waals surface area contributed by atoms with E-state index in [1.165, 1.54) is 0 Å². The summed E-state index contributed by atoms with van der Waals surface area (Å²) in [5.41, 5.74) is 2.78. The van der Waals surface area contributed by atoms with Crippen LogP contribution in [0.3, 0.4) is 0 Å². The summed E-state index contributed by atoms with van der Waals surface area (Å²) in [5.74, 6) is 0.0520. The maximum Gasteiger partial charge on any atom is 0.253 e. The molecule has 0 N–H and O–H groups in total. The Hall–Kier alpha value is -1.09. The van der Waals surface area contributed by atoms with Crippen molar-refractivity contribution in [1.29, 1.82) is 0 Å². The van der Waals surface area contributed by atoms with Crippen LogP contribution in [0.15, 0.2) is 34.8 Å². The number of carbonyl (C=O) groups excluding carboxylic acids is 1. The number of benzene rings is 1. The number of anilines is 1. The zero-order valence-electron chi connectivity index (χ0n) is 8.59. The molecule has 1 aromatic rings. The van der Waals surface area contributed by atoms with Crippen LogP contribution in [0, 0.1) is 6.92 Å². The number of halogens is 1. The Balaban J connectivity index is 2.43. The van der Waals surface area contributed by atoms with Gasteiger partial charge in [0.1, 0.15) is 0 Å². The molecule has 0 bridgehead atoms. The van der Waals surface area contributed by atoms with Crippen LogP contribution in [0.1, 0.15) is 12.0 Å². The predicted molar refractivity (Wildman–Crippen MR) is 65.0 cm³/mol. The van der Waals surface area contributed by atoms with E-state index >= 15 is 0 Å². The first-order valence-electron chi connectivity index (χ1n) is 4.86. The molecule has 1 aromatic carbocycles. The largest absolute Gasteiger partial charge is 0.308 e. The molecule has 15 heavy (non-hydrogen) atoms. The predicted octanol–water partition coefficient (Wildman–Crippen LogP) is 3.05. The zero-order valence-corrected chi connectivity index (χ0v) is 10.2. The van der Waals surface area contributed by atoms with Crippen LogP contribution >= 0.6 is 15.9 Å². The van der Waals surface area contributed by atoms with Crippen LogP contribution in [0.5, 0.6) is 0 Å². The van der Waals surface area contributed by atoms with E-state index in [4.69, 9.17) is 0 Å². The van der Waals surface area contributed by atoms with Crippen molar-refractivity contribution in [3.8, 4) is 0 Å². The lowest BCUT2D eigenvalue weighted by Gasteiger charge is -2.18. The van der Waals surface area contributed by atoms with Gasteiger partial charge in [-0.15, -0.1) is 0 Å². The average molecular weight is 266 g/mol. The first kappa shape index (κ1) is 10.4. The molecule has 1 aliphatic rings. The number of hydrogen-bond acceptors (Lipinski definition) is 1. The monoisotopic (exact) mass is 265 g/mol. The summed E-state index contributed by atoms with van der Waals surface area (Å²) in [6.45, 7) is 6.51. The van der Waals surface area contributed by atoms with Gasteiger partial charge in [0.15, 0.2) is 0 Å². The van der Waals surface area contributed by atoms with Gasteiger partial charge in [-0.25, -0.2) is 0 Å². The number of hydrogen-bond donors (Lipinski definition) is 0. The van der Waals surface area contributed by atoms with Crippen molar-refractivity contribution in [1.82, 2.24) is 0 Å². The van der Waals surface area contributed by atoms with E-state index < -0.39 is 0 Å². The van der Waals surface area contributed by atoms with E-state index in [1.54, 1.807) is 4.90 Å². The molecular weight excluding hydrogens is 254 g/mol. The van der Waals surface area contributed by atoms with Crippen LogP contribution in [0.4, 0.5) is 5.69 Å². The molecule has 1 heterocycles. The molecule has 0 spiro atoms. The quantitative estimate of drug-likeness (QED) is 0.715. The van der Waals surface area contributed by atoms with Gasteiger partial charge in [0.25, 0.3) is 5.91 Å². The molecule has 1 amide bonds. The van der Waals surface area contributed by atoms with Crippen molar-refractivity contribution < 1.29 is 4.79 Å². The third kappa shape index (κ3) is 1.72. The highest BCUT2D eigenvalue weighted by atomic mass is 79.9. The van der Waals surface area contributed by atoms with Crippen molar-refractivity contribution >= 4 is 27.5 Å². The Morgan fingerprint density at radius 3 is 2.80 bits per heavy atom. The second kappa shape index (κ2) is 3.81. The van der Waals surface area contributed by atoms with Crippen molar-refractivity contribution in [2.45, 2.75) is 13.3 Å². The van der Waals surface area contributed by atoms with Crippen LogP contribution in [-0.4, -0.2) is 12.5 Å². The van der Waals surface area contributed by atoms with Crippen LogP contribution in [0.25, 0.3) is 0 Å². The summed E-state index contributed by atoms with van der Waals surface area (Å²) >= 11 is 3.47. The molecule has 78 valence electrons. The van der Waals surface area contributed by atoms with E-state index in [9.17, 15) is 4.79 Å². The molecule has 1 saturated heterocycles. The lowest BCUT2D eigenvalue weighted by Crippen LogP contribution is -2.25. The van der Waals surface area contributed by atoms with Gasteiger partial charge >= 0.3 is 0 Å². The standard InChI is InChI=1S/C12H12BrNO/c1-8-6-7-14(12(8)15)11-5-3-4-10(13)9(11)2/h3-5H,1,6-7H2,2H3. The fraction of sp³-hybridized carbons (Fsp3) is 0.250. The topological polar surface area (TPSA) is 20.3 Å². The number of nitrogens with zero attached hydrogens (tertiary/aromatic N) is 1. The summed E-state index contributed by atoms with van der Waals surface area (Å²) < 4.78 is 1.03. The summed E-state index contributed by atoms with van der Waals surface area (Å²) in [6.07, 6.45) is 0.769. The SMILES string of the molecule is C=C1CCN(c2cccc(Br)c2C)C1=O. The molecule has 0 saturated carbocycles. The van der Waals surface area contributed by atoms with Gasteiger partial charge in [0.2, 0.25) is 0 Å². The van der Waals surface area contributed by atoms with Crippen molar-refractivity contribution in [2.24, 2.45) is 0 Å². The highest BCUT2D eigenvalue weighted by molar-refractivity contribution is 9.10. The van der Waals surface area contributed by atoms with E-state index in [0.717, 1.165) is 28.7 Å². The van der Waals surface area contributed by atoms with Crippen molar-refractivity contribution in [3.63, 3.8) is 0 Å². The molecule has 3 heteroatoms. The third-order valence-electron chi connectivity index (χ3n) is 2.71. The molecule has 2 nitrogen and oxygen atoms in total. The molecule has 0 aliphatic carbocycles. The van der Waals surface area contributed by atoms with E-state index in [2.05, 4.69) is 22.5 Å². The highest BCUT2D eigenvalue weighted by Crippen LogP contribution is 2.30. The van der Waals surface area contributed by atoms with Crippen LogP contribution < -0.4 is 4.90 Å². The molecule has 0 radical (unpaired) electrons. The van der Waals surface area contributed by atoms with Gasteiger partial charge in [-0.2, -0.15) is 0 Å². The second-order valence-corrected chi connectivity index (χ2v) is 4.55. The van der Waals surface area contributed by atoms with Gasteiger partial charge in [0.05, 0.1) is 0 Å². The Labute approximate surface area is 97.7 Å². The molecule has 1 fully saturated rings. The molecular formula is C12H12BrNO. The van der Waals surface area contributed by atoms with E-state index in [-0.39, 0.29) is 5.91 Å². The van der Waals surface area contributed by atoms with E-state index in [1.807, 2.05) is 25.1 Å². The number of carbonyl (C=O) groups is 1. The third-order valence-corrected chi connectivity index (χ3v) is 3.57. The molecule has 0 aromatic heterocycles. The minimum Gasteiger partial charge on any atom is -0.308 e. The minimum absolute atomic E-state index is 0.0520. The van der Waals surface area contributed by atoms with Crippen LogP contribution in [-0.2, 0) is 4.79 Å². The summed E-state index contributed by atoms with van der Waals surface area (Å²) in [5, 5.41) is 0. The van der Waals surface area contributed by atoms with Crippen LogP contribution in [0.2, 0.25) is 0 Å². The molecule has 0 unspecified atom stereocenters. The Morgan fingerprint density at radius 2 is 2.20 bits per heavy atom. The Bertz CT molecular complexity index is 439. The lowest BCUT2D eigenvalue weighted by atomic mass is 10.2. The second-order valence-electron chi connectivity index (χ2n) is 3.69. The van der Waals surface area contributed by atoms with Gasteiger partial charge in [-0.1, -0.05) is 28.6 Å². The lowest BCUT2D eigenvalue weighted by molar-refractivity contribution is -0.114. The average Bonchev–Trinajstić information content (AvgIpc) is 2.53. The highest BCUT2D eigenvalue weighted by Gasteiger charge is 2.26. The Kier molecular flexibility index (Phi) is 2.65. The summed E-state index contributed by atoms with van der Waals surface area (Å²) in [4.78, 5) is 13.6. The molecule has 2 rings (SSSR count). The van der Waals surface area contributed by atoms with Gasteiger partial charge in [-0.3, -0.25) is 4.79 Å². The number of amides is 1. The van der Waals surface area contributed by atoms with E-state index in [0.29, 0.717) is 5.57 Å². The first-order valence-corrected chi connectivity index (χ1v) is 5.65. The van der Waals surface area contributed by atoms with Gasteiger partial charge in [0, 0.05) is 22.3 Å². The maximum absolute atomic E-state index is 11.8. The molecule has 1 aliphatic heterocycles. The molecule has 0 atom stereocenters. The summed E-state index contributed by atoms with van der Waals surface area (Å²) in [6, 6.07) is 5.89. The van der Waals surface area contributed by atoms with Crippen molar-refractivity contribution in [3.05, 3.63) is 40.4 Å². The normalized spacial score (nSPS) is 16.3.